The number of aromatic nitrogens is 2. The van der Waals surface area contributed by atoms with E-state index >= 15 is 0 Å². The van der Waals surface area contributed by atoms with Crippen molar-refractivity contribution in [3.05, 3.63) is 73.1 Å². The number of amides is 1. The number of benzene rings is 2. The number of anilines is 2. The Kier molecular flexibility index (Phi) is 5.97. The molecule has 0 radical (unpaired) electrons. The molecule has 7 heteroatoms. The summed E-state index contributed by atoms with van der Waals surface area (Å²) >= 11 is 0. The Labute approximate surface area is 170 Å². The molecule has 148 valence electrons. The SMILES string of the molecule is O=C(CN1CCN(c2ncccn2)CC1)Nc1ccc(Oc2ccccc2)cc1. The summed E-state index contributed by atoms with van der Waals surface area (Å²) in [7, 11) is 0. The second kappa shape index (κ2) is 9.16. The fourth-order valence-electron chi connectivity index (χ4n) is 3.20. The second-order valence-electron chi connectivity index (χ2n) is 6.80. The van der Waals surface area contributed by atoms with Gasteiger partial charge in [-0.15, -0.1) is 0 Å². The molecule has 1 saturated heterocycles. The molecule has 0 spiro atoms. The quantitative estimate of drug-likeness (QED) is 0.699. The normalized spacial score (nSPS) is 14.4. The lowest BCUT2D eigenvalue weighted by molar-refractivity contribution is -0.117. The van der Waals surface area contributed by atoms with Crippen LogP contribution in [0.2, 0.25) is 0 Å². The van der Waals surface area contributed by atoms with Gasteiger partial charge in [0.1, 0.15) is 11.5 Å². The summed E-state index contributed by atoms with van der Waals surface area (Å²) in [5.74, 6) is 2.23. The highest BCUT2D eigenvalue weighted by molar-refractivity contribution is 5.92. The fourth-order valence-corrected chi connectivity index (χ4v) is 3.20. The Morgan fingerprint density at radius 1 is 0.862 bits per heavy atom. The van der Waals surface area contributed by atoms with E-state index in [4.69, 9.17) is 4.74 Å². The Bertz CT molecular complexity index is 911. The van der Waals surface area contributed by atoms with Crippen LogP contribution in [0.15, 0.2) is 73.1 Å². The minimum Gasteiger partial charge on any atom is -0.457 e. The first-order valence-electron chi connectivity index (χ1n) is 9.63. The summed E-state index contributed by atoms with van der Waals surface area (Å²) in [6.45, 7) is 3.59. The molecular formula is C22H23N5O2. The predicted octanol–water partition coefficient (Wildman–Crippen LogP) is 3.03. The van der Waals surface area contributed by atoms with Crippen molar-refractivity contribution in [3.63, 3.8) is 0 Å². The molecule has 29 heavy (non-hydrogen) atoms. The molecule has 0 saturated carbocycles. The van der Waals surface area contributed by atoms with Crippen LogP contribution in [-0.4, -0.2) is 53.5 Å². The first-order valence-corrected chi connectivity index (χ1v) is 9.63. The Balaban J connectivity index is 1.24. The van der Waals surface area contributed by atoms with Gasteiger partial charge in [-0.25, -0.2) is 9.97 Å². The topological polar surface area (TPSA) is 70.6 Å². The van der Waals surface area contributed by atoms with E-state index < -0.39 is 0 Å². The number of nitrogens with one attached hydrogen (secondary N) is 1. The maximum atomic E-state index is 12.4. The number of ether oxygens (including phenoxy) is 1. The summed E-state index contributed by atoms with van der Waals surface area (Å²) in [4.78, 5) is 25.2. The van der Waals surface area contributed by atoms with Gasteiger partial charge in [0.2, 0.25) is 11.9 Å². The Hall–Kier alpha value is -3.45. The highest BCUT2D eigenvalue weighted by Crippen LogP contribution is 2.22. The zero-order chi connectivity index (χ0) is 19.9. The lowest BCUT2D eigenvalue weighted by atomic mass is 10.3. The van der Waals surface area contributed by atoms with E-state index in [1.807, 2.05) is 60.7 Å². The minimum absolute atomic E-state index is 0.0221. The molecule has 0 atom stereocenters. The molecule has 4 rings (SSSR count). The summed E-state index contributed by atoms with van der Waals surface area (Å²) in [5.41, 5.74) is 0.756. The lowest BCUT2D eigenvalue weighted by Gasteiger charge is -2.34. The number of piperazine rings is 1. The van der Waals surface area contributed by atoms with E-state index in [1.165, 1.54) is 0 Å². The van der Waals surface area contributed by atoms with Crippen molar-refractivity contribution in [2.75, 3.05) is 42.9 Å². The number of carbonyl (C=O) groups is 1. The van der Waals surface area contributed by atoms with Gasteiger partial charge in [0.25, 0.3) is 0 Å². The van der Waals surface area contributed by atoms with Gasteiger partial charge in [-0.05, 0) is 42.5 Å². The molecule has 1 amide bonds. The van der Waals surface area contributed by atoms with Crippen LogP contribution in [0.5, 0.6) is 11.5 Å². The van der Waals surface area contributed by atoms with Gasteiger partial charge in [0, 0.05) is 44.3 Å². The summed E-state index contributed by atoms with van der Waals surface area (Å²) in [6.07, 6.45) is 3.50. The van der Waals surface area contributed by atoms with Crippen LogP contribution in [0.1, 0.15) is 0 Å². The molecular weight excluding hydrogens is 366 g/mol. The standard InChI is InChI=1S/C22H23N5O2/c28-21(17-26-13-15-27(16-14-26)22-23-11-4-12-24-22)25-18-7-9-20(10-8-18)29-19-5-2-1-3-6-19/h1-12H,13-17H2,(H,25,28). The molecule has 1 aromatic heterocycles. The van der Waals surface area contributed by atoms with Gasteiger partial charge < -0.3 is 15.0 Å². The zero-order valence-corrected chi connectivity index (χ0v) is 16.1. The monoisotopic (exact) mass is 389 g/mol. The molecule has 0 unspecified atom stereocenters. The third-order valence-corrected chi connectivity index (χ3v) is 4.69. The number of nitrogens with zero attached hydrogens (tertiary/aromatic N) is 4. The number of rotatable bonds is 6. The van der Waals surface area contributed by atoms with E-state index in [0.29, 0.717) is 6.54 Å². The van der Waals surface area contributed by atoms with Crippen molar-refractivity contribution in [1.29, 1.82) is 0 Å². The van der Waals surface area contributed by atoms with E-state index in [1.54, 1.807) is 12.4 Å². The van der Waals surface area contributed by atoms with E-state index in [9.17, 15) is 4.79 Å². The molecule has 1 aliphatic rings. The highest BCUT2D eigenvalue weighted by Gasteiger charge is 2.20. The molecule has 2 heterocycles. The van der Waals surface area contributed by atoms with Crippen molar-refractivity contribution in [1.82, 2.24) is 14.9 Å². The summed E-state index contributed by atoms with van der Waals surface area (Å²) in [5, 5.41) is 2.95. The van der Waals surface area contributed by atoms with Crippen molar-refractivity contribution in [3.8, 4) is 11.5 Å². The molecule has 7 nitrogen and oxygen atoms in total. The maximum Gasteiger partial charge on any atom is 0.238 e. The number of hydrogen-bond acceptors (Lipinski definition) is 6. The first-order chi connectivity index (χ1) is 14.3. The van der Waals surface area contributed by atoms with Crippen molar-refractivity contribution >= 4 is 17.5 Å². The molecule has 1 N–H and O–H groups in total. The average molecular weight is 389 g/mol. The van der Waals surface area contributed by atoms with Gasteiger partial charge in [-0.3, -0.25) is 9.69 Å². The van der Waals surface area contributed by atoms with E-state index in [0.717, 1.165) is 49.3 Å². The third kappa shape index (κ3) is 5.30. The fraction of sp³-hybridized carbons (Fsp3) is 0.227. The number of hydrogen-bond donors (Lipinski definition) is 1. The van der Waals surface area contributed by atoms with Gasteiger partial charge in [-0.1, -0.05) is 18.2 Å². The number of carbonyl (C=O) groups excluding carboxylic acids is 1. The smallest absolute Gasteiger partial charge is 0.238 e. The van der Waals surface area contributed by atoms with E-state index in [-0.39, 0.29) is 5.91 Å². The lowest BCUT2D eigenvalue weighted by Crippen LogP contribution is -2.49. The van der Waals surface area contributed by atoms with E-state index in [2.05, 4.69) is 25.1 Å². The Morgan fingerprint density at radius 2 is 1.52 bits per heavy atom. The maximum absolute atomic E-state index is 12.4. The van der Waals surface area contributed by atoms with Crippen LogP contribution >= 0.6 is 0 Å². The second-order valence-corrected chi connectivity index (χ2v) is 6.80. The van der Waals surface area contributed by atoms with Crippen molar-refractivity contribution in [2.24, 2.45) is 0 Å². The van der Waals surface area contributed by atoms with Crippen LogP contribution < -0.4 is 15.0 Å². The molecule has 2 aromatic carbocycles. The van der Waals surface area contributed by atoms with Crippen LogP contribution in [0, 0.1) is 0 Å². The molecule has 0 bridgehead atoms. The van der Waals surface area contributed by atoms with Gasteiger partial charge in [0.15, 0.2) is 0 Å². The zero-order valence-electron chi connectivity index (χ0n) is 16.1. The van der Waals surface area contributed by atoms with Crippen LogP contribution in [-0.2, 0) is 4.79 Å². The van der Waals surface area contributed by atoms with Crippen molar-refractivity contribution < 1.29 is 9.53 Å². The molecule has 1 fully saturated rings. The predicted molar refractivity (Wildman–Crippen MR) is 112 cm³/mol. The Morgan fingerprint density at radius 3 is 2.21 bits per heavy atom. The minimum atomic E-state index is -0.0221. The third-order valence-electron chi connectivity index (χ3n) is 4.69. The van der Waals surface area contributed by atoms with Gasteiger partial charge in [-0.2, -0.15) is 0 Å². The van der Waals surface area contributed by atoms with Crippen LogP contribution in [0.3, 0.4) is 0 Å². The van der Waals surface area contributed by atoms with Gasteiger partial charge in [0.05, 0.1) is 6.54 Å². The molecule has 3 aromatic rings. The first kappa shape index (κ1) is 18.9. The van der Waals surface area contributed by atoms with Crippen LogP contribution in [0.4, 0.5) is 11.6 Å². The summed E-state index contributed by atoms with van der Waals surface area (Å²) < 4.78 is 5.77. The van der Waals surface area contributed by atoms with Crippen LogP contribution in [0.25, 0.3) is 0 Å². The average Bonchev–Trinajstić information content (AvgIpc) is 2.77. The largest absolute Gasteiger partial charge is 0.457 e. The summed E-state index contributed by atoms with van der Waals surface area (Å²) in [6, 6.07) is 18.8. The number of para-hydroxylation sites is 1. The highest BCUT2D eigenvalue weighted by atomic mass is 16.5. The van der Waals surface area contributed by atoms with Crippen molar-refractivity contribution in [2.45, 2.75) is 0 Å². The molecule has 0 aliphatic carbocycles. The molecule has 1 aliphatic heterocycles. The van der Waals surface area contributed by atoms with Gasteiger partial charge >= 0.3 is 0 Å².